The molecule has 0 aliphatic heterocycles. The number of aryl methyl sites for hydroxylation is 1. The zero-order chi connectivity index (χ0) is 12.0. The minimum absolute atomic E-state index is 0.301. The van der Waals surface area contributed by atoms with Crippen molar-refractivity contribution in [2.75, 3.05) is 11.9 Å². The lowest BCUT2D eigenvalue weighted by atomic mass is 10.1. The van der Waals surface area contributed by atoms with Crippen LogP contribution in [-0.4, -0.2) is 16.5 Å². The van der Waals surface area contributed by atoms with Crippen LogP contribution in [0, 0.1) is 12.8 Å². The van der Waals surface area contributed by atoms with E-state index < -0.39 is 0 Å². The maximum absolute atomic E-state index is 5.74. The summed E-state index contributed by atoms with van der Waals surface area (Å²) in [7, 11) is 0. The zero-order valence-corrected chi connectivity index (χ0v) is 11.0. The second kappa shape index (κ2) is 6.69. The molecule has 0 bridgehead atoms. The smallest absolute Gasteiger partial charge is 0.224 e. The van der Waals surface area contributed by atoms with E-state index >= 15 is 0 Å². The first-order valence-corrected chi connectivity index (χ1v) is 6.20. The number of rotatable bonds is 6. The summed E-state index contributed by atoms with van der Waals surface area (Å²) in [6.07, 6.45) is 5.44. The Morgan fingerprint density at radius 2 is 2.12 bits per heavy atom. The van der Waals surface area contributed by atoms with Crippen LogP contribution in [0.25, 0.3) is 0 Å². The van der Waals surface area contributed by atoms with Gasteiger partial charge in [-0.15, -0.1) is 0 Å². The highest BCUT2D eigenvalue weighted by atomic mass is 35.5. The number of unbranched alkanes of at least 4 members (excludes halogenated alkanes) is 1. The normalized spacial score (nSPS) is 10.8. The highest BCUT2D eigenvalue weighted by molar-refractivity contribution is 6.28. The Morgan fingerprint density at radius 1 is 1.38 bits per heavy atom. The number of anilines is 1. The minimum Gasteiger partial charge on any atom is -0.370 e. The predicted molar refractivity (Wildman–Crippen MR) is 69.0 cm³/mol. The van der Waals surface area contributed by atoms with Gasteiger partial charge in [0, 0.05) is 18.3 Å². The molecule has 1 heterocycles. The van der Waals surface area contributed by atoms with Crippen molar-refractivity contribution in [2.45, 2.75) is 40.0 Å². The molecule has 0 aromatic carbocycles. The van der Waals surface area contributed by atoms with Crippen molar-refractivity contribution < 1.29 is 0 Å². The summed E-state index contributed by atoms with van der Waals surface area (Å²) in [5, 5.41) is 3.59. The number of nitrogens with one attached hydrogen (secondary N) is 1. The summed E-state index contributed by atoms with van der Waals surface area (Å²) in [5.41, 5.74) is 1.04. The number of hydrogen-bond acceptors (Lipinski definition) is 3. The standard InChI is InChI=1S/C12H20ClN3/c1-9(2)6-4-5-7-14-11-10(3)8-15-12(13)16-11/h8-9H,4-7H2,1-3H3,(H,14,15,16). The van der Waals surface area contributed by atoms with E-state index in [9.17, 15) is 0 Å². The van der Waals surface area contributed by atoms with Crippen LogP contribution < -0.4 is 5.32 Å². The lowest BCUT2D eigenvalue weighted by molar-refractivity contribution is 0.544. The van der Waals surface area contributed by atoms with Crippen LogP contribution in [0.5, 0.6) is 0 Å². The van der Waals surface area contributed by atoms with Crippen molar-refractivity contribution in [2.24, 2.45) is 5.92 Å². The van der Waals surface area contributed by atoms with Crippen LogP contribution in [0.2, 0.25) is 5.28 Å². The van der Waals surface area contributed by atoms with Gasteiger partial charge < -0.3 is 5.32 Å². The van der Waals surface area contributed by atoms with Crippen molar-refractivity contribution in [1.29, 1.82) is 0 Å². The molecule has 1 aromatic heterocycles. The summed E-state index contributed by atoms with van der Waals surface area (Å²) >= 11 is 5.74. The monoisotopic (exact) mass is 241 g/mol. The van der Waals surface area contributed by atoms with Gasteiger partial charge >= 0.3 is 0 Å². The topological polar surface area (TPSA) is 37.8 Å². The minimum atomic E-state index is 0.301. The molecule has 1 rings (SSSR count). The Balaban J connectivity index is 2.29. The van der Waals surface area contributed by atoms with Gasteiger partial charge in [-0.25, -0.2) is 9.97 Å². The first-order valence-electron chi connectivity index (χ1n) is 5.82. The molecule has 0 fully saturated rings. The molecule has 0 unspecified atom stereocenters. The molecule has 1 aromatic rings. The summed E-state index contributed by atoms with van der Waals surface area (Å²) < 4.78 is 0. The molecule has 0 saturated heterocycles. The Morgan fingerprint density at radius 3 is 2.81 bits per heavy atom. The fourth-order valence-electron chi connectivity index (χ4n) is 1.48. The molecule has 1 N–H and O–H groups in total. The van der Waals surface area contributed by atoms with E-state index in [1.54, 1.807) is 6.20 Å². The third-order valence-corrected chi connectivity index (χ3v) is 2.63. The van der Waals surface area contributed by atoms with Gasteiger partial charge in [0.1, 0.15) is 5.82 Å². The van der Waals surface area contributed by atoms with Crippen LogP contribution in [0.1, 0.15) is 38.7 Å². The Hall–Kier alpha value is -0.830. The van der Waals surface area contributed by atoms with E-state index in [0.29, 0.717) is 5.28 Å². The lowest BCUT2D eigenvalue weighted by Gasteiger charge is -2.08. The molecule has 3 nitrogen and oxygen atoms in total. The van der Waals surface area contributed by atoms with E-state index in [4.69, 9.17) is 11.6 Å². The fraction of sp³-hybridized carbons (Fsp3) is 0.667. The molecule has 0 saturated carbocycles. The van der Waals surface area contributed by atoms with Crippen LogP contribution >= 0.6 is 11.6 Å². The maximum Gasteiger partial charge on any atom is 0.224 e. The van der Waals surface area contributed by atoms with Crippen LogP contribution in [0.15, 0.2) is 6.20 Å². The summed E-state index contributed by atoms with van der Waals surface area (Å²) in [5.74, 6) is 1.64. The number of nitrogens with zero attached hydrogens (tertiary/aromatic N) is 2. The SMILES string of the molecule is Cc1cnc(Cl)nc1NCCCCC(C)C. The van der Waals surface area contributed by atoms with Gasteiger partial charge in [-0.2, -0.15) is 0 Å². The lowest BCUT2D eigenvalue weighted by Crippen LogP contribution is -2.06. The van der Waals surface area contributed by atoms with E-state index in [1.165, 1.54) is 19.3 Å². The molecule has 90 valence electrons. The summed E-state index contributed by atoms with van der Waals surface area (Å²) in [6.45, 7) is 7.43. The number of hydrogen-bond donors (Lipinski definition) is 1. The molecule has 0 radical (unpaired) electrons. The van der Waals surface area contributed by atoms with Crippen molar-refractivity contribution in [3.8, 4) is 0 Å². The van der Waals surface area contributed by atoms with Gasteiger partial charge in [0.2, 0.25) is 5.28 Å². The second-order valence-electron chi connectivity index (χ2n) is 4.49. The highest BCUT2D eigenvalue weighted by Gasteiger charge is 2.01. The number of aromatic nitrogens is 2. The van der Waals surface area contributed by atoms with Gasteiger partial charge in [0.25, 0.3) is 0 Å². The molecule has 16 heavy (non-hydrogen) atoms. The van der Waals surface area contributed by atoms with E-state index in [2.05, 4.69) is 29.1 Å². The van der Waals surface area contributed by atoms with E-state index in [-0.39, 0.29) is 0 Å². The second-order valence-corrected chi connectivity index (χ2v) is 4.83. The Bertz CT molecular complexity index is 326. The van der Waals surface area contributed by atoms with Crippen molar-refractivity contribution in [1.82, 2.24) is 9.97 Å². The molecule has 4 heteroatoms. The highest BCUT2D eigenvalue weighted by Crippen LogP contribution is 2.13. The Labute approximate surface area is 103 Å². The Kier molecular flexibility index (Phi) is 5.53. The van der Waals surface area contributed by atoms with Gasteiger partial charge in [0.05, 0.1) is 0 Å². The molecule has 0 atom stereocenters. The molecule has 0 amide bonds. The fourth-order valence-corrected chi connectivity index (χ4v) is 1.62. The van der Waals surface area contributed by atoms with Crippen molar-refractivity contribution >= 4 is 17.4 Å². The van der Waals surface area contributed by atoms with Gasteiger partial charge in [-0.3, -0.25) is 0 Å². The molecular formula is C12H20ClN3. The first kappa shape index (κ1) is 13.2. The quantitative estimate of drug-likeness (QED) is 0.610. The average molecular weight is 242 g/mol. The van der Waals surface area contributed by atoms with Gasteiger partial charge in [0.15, 0.2) is 0 Å². The molecular weight excluding hydrogens is 222 g/mol. The van der Waals surface area contributed by atoms with E-state index in [0.717, 1.165) is 23.8 Å². The van der Waals surface area contributed by atoms with Gasteiger partial charge in [-0.1, -0.05) is 26.7 Å². The predicted octanol–water partition coefficient (Wildman–Crippen LogP) is 3.68. The third kappa shape index (κ3) is 4.79. The van der Waals surface area contributed by atoms with Gasteiger partial charge in [-0.05, 0) is 30.9 Å². The molecule has 0 aliphatic rings. The number of halogens is 1. The summed E-state index contributed by atoms with van der Waals surface area (Å²) in [6, 6.07) is 0. The van der Waals surface area contributed by atoms with Crippen LogP contribution in [-0.2, 0) is 0 Å². The van der Waals surface area contributed by atoms with E-state index in [1.807, 2.05) is 6.92 Å². The zero-order valence-electron chi connectivity index (χ0n) is 10.3. The first-order chi connectivity index (χ1) is 7.59. The molecule has 0 aliphatic carbocycles. The molecule has 0 spiro atoms. The van der Waals surface area contributed by atoms with Crippen molar-refractivity contribution in [3.63, 3.8) is 0 Å². The van der Waals surface area contributed by atoms with Crippen LogP contribution in [0.4, 0.5) is 5.82 Å². The summed E-state index contributed by atoms with van der Waals surface area (Å²) in [4.78, 5) is 8.07. The average Bonchev–Trinajstić information content (AvgIpc) is 2.22. The largest absolute Gasteiger partial charge is 0.370 e. The van der Waals surface area contributed by atoms with Crippen molar-refractivity contribution in [3.05, 3.63) is 17.0 Å². The van der Waals surface area contributed by atoms with Crippen LogP contribution in [0.3, 0.4) is 0 Å². The third-order valence-electron chi connectivity index (χ3n) is 2.44. The maximum atomic E-state index is 5.74.